The number of carbonyl (C=O) groups is 2. The molecule has 0 unspecified atom stereocenters. The molecule has 2 aromatic carbocycles. The lowest BCUT2D eigenvalue weighted by Crippen LogP contribution is -2.29. The zero-order valence-electron chi connectivity index (χ0n) is 13.9. The van der Waals surface area contributed by atoms with Crippen LogP contribution in [-0.2, 0) is 14.3 Å². The Balaban J connectivity index is 1.54. The van der Waals surface area contributed by atoms with Gasteiger partial charge in [0.05, 0.1) is 0 Å². The van der Waals surface area contributed by atoms with Gasteiger partial charge in [0.25, 0.3) is 5.91 Å². The summed E-state index contributed by atoms with van der Waals surface area (Å²) in [5.41, 5.74) is 0.903. The Hall–Kier alpha value is -2.53. The maximum Gasteiger partial charge on any atom is 0.331 e. The zero-order valence-corrected chi connectivity index (χ0v) is 14.7. The van der Waals surface area contributed by atoms with Crippen LogP contribution in [0.1, 0.15) is 12.0 Å². The van der Waals surface area contributed by atoms with Gasteiger partial charge in [-0.15, -0.1) is 11.8 Å². The van der Waals surface area contributed by atoms with Crippen molar-refractivity contribution in [2.75, 3.05) is 18.9 Å². The molecule has 0 heterocycles. The molecule has 0 atom stereocenters. The number of thioether (sulfide) groups is 1. The number of rotatable bonds is 9. The molecule has 2 aromatic rings. The molecule has 25 heavy (non-hydrogen) atoms. The molecule has 0 radical (unpaired) electrons. The SMILES string of the molecule is O=C(COC(=O)/C=C/c1ccccc1)NCCCSc1ccccc1. The predicted octanol–water partition coefficient (Wildman–Crippen LogP) is 3.54. The highest BCUT2D eigenvalue weighted by atomic mass is 32.2. The summed E-state index contributed by atoms with van der Waals surface area (Å²) >= 11 is 1.75. The second kappa shape index (κ2) is 11.1. The van der Waals surface area contributed by atoms with E-state index < -0.39 is 5.97 Å². The van der Waals surface area contributed by atoms with Crippen LogP contribution in [0.15, 0.2) is 71.6 Å². The summed E-state index contributed by atoms with van der Waals surface area (Å²) in [5.74, 6) is 0.106. The summed E-state index contributed by atoms with van der Waals surface area (Å²) in [6.45, 7) is 0.305. The van der Waals surface area contributed by atoms with E-state index in [1.165, 1.54) is 11.0 Å². The van der Waals surface area contributed by atoms with E-state index in [4.69, 9.17) is 4.74 Å². The van der Waals surface area contributed by atoms with E-state index in [0.717, 1.165) is 17.7 Å². The number of nitrogens with one attached hydrogen (secondary N) is 1. The largest absolute Gasteiger partial charge is 0.452 e. The van der Waals surface area contributed by atoms with E-state index in [2.05, 4.69) is 17.4 Å². The van der Waals surface area contributed by atoms with Crippen molar-refractivity contribution in [1.29, 1.82) is 0 Å². The van der Waals surface area contributed by atoms with Crippen molar-refractivity contribution < 1.29 is 14.3 Å². The van der Waals surface area contributed by atoms with Gasteiger partial charge >= 0.3 is 5.97 Å². The topological polar surface area (TPSA) is 55.4 Å². The van der Waals surface area contributed by atoms with Crippen molar-refractivity contribution in [1.82, 2.24) is 5.32 Å². The Morgan fingerprint density at radius 3 is 2.40 bits per heavy atom. The number of ether oxygens (including phenoxy) is 1. The van der Waals surface area contributed by atoms with E-state index in [1.54, 1.807) is 17.8 Å². The fourth-order valence-electron chi connectivity index (χ4n) is 1.97. The van der Waals surface area contributed by atoms with E-state index in [-0.39, 0.29) is 12.5 Å². The molecule has 0 aliphatic carbocycles. The fourth-order valence-corrected chi connectivity index (χ4v) is 2.84. The Bertz CT molecular complexity index is 687. The van der Waals surface area contributed by atoms with Crippen LogP contribution in [0.5, 0.6) is 0 Å². The molecule has 4 nitrogen and oxygen atoms in total. The normalized spacial score (nSPS) is 10.6. The Labute approximate surface area is 152 Å². The second-order valence-electron chi connectivity index (χ2n) is 5.22. The van der Waals surface area contributed by atoms with Crippen molar-refractivity contribution in [3.63, 3.8) is 0 Å². The standard InChI is InChI=1S/C20H21NO3S/c22-19(21-14-7-15-25-18-10-5-2-6-11-18)16-24-20(23)13-12-17-8-3-1-4-9-17/h1-6,8-13H,7,14-16H2,(H,21,22)/b13-12+. The first-order valence-electron chi connectivity index (χ1n) is 8.08. The smallest absolute Gasteiger partial charge is 0.331 e. The molecular formula is C20H21NO3S. The highest BCUT2D eigenvalue weighted by Gasteiger charge is 2.04. The number of hydrogen-bond acceptors (Lipinski definition) is 4. The van der Waals surface area contributed by atoms with Gasteiger partial charge in [-0.2, -0.15) is 0 Å². The Kier molecular flexibility index (Phi) is 8.35. The van der Waals surface area contributed by atoms with Crippen LogP contribution in [0, 0.1) is 0 Å². The molecule has 1 amide bonds. The zero-order chi connectivity index (χ0) is 17.7. The van der Waals surface area contributed by atoms with Crippen LogP contribution in [0.25, 0.3) is 6.08 Å². The van der Waals surface area contributed by atoms with Gasteiger partial charge in [0, 0.05) is 17.5 Å². The van der Waals surface area contributed by atoms with Gasteiger partial charge in [-0.1, -0.05) is 48.5 Å². The number of benzene rings is 2. The molecular weight excluding hydrogens is 334 g/mol. The second-order valence-corrected chi connectivity index (χ2v) is 6.39. The van der Waals surface area contributed by atoms with Crippen LogP contribution in [0.2, 0.25) is 0 Å². The molecule has 0 aliphatic heterocycles. The summed E-state index contributed by atoms with van der Waals surface area (Å²) < 4.78 is 4.91. The Morgan fingerprint density at radius 1 is 1.00 bits per heavy atom. The summed E-state index contributed by atoms with van der Waals surface area (Å²) in [6.07, 6.45) is 3.83. The molecule has 0 spiro atoms. The lowest BCUT2D eigenvalue weighted by Gasteiger charge is -2.05. The lowest BCUT2D eigenvalue weighted by molar-refractivity contribution is -0.143. The molecule has 0 aromatic heterocycles. The Morgan fingerprint density at radius 2 is 1.68 bits per heavy atom. The van der Waals surface area contributed by atoms with Crippen molar-refractivity contribution in [2.45, 2.75) is 11.3 Å². The molecule has 0 fully saturated rings. The summed E-state index contributed by atoms with van der Waals surface area (Å²) in [5, 5.41) is 2.74. The van der Waals surface area contributed by atoms with Gasteiger partial charge in [-0.25, -0.2) is 4.79 Å². The molecule has 5 heteroatoms. The quantitative estimate of drug-likeness (QED) is 0.323. The summed E-state index contributed by atoms with van der Waals surface area (Å²) in [6, 6.07) is 19.5. The van der Waals surface area contributed by atoms with Gasteiger partial charge in [0.15, 0.2) is 6.61 Å². The van der Waals surface area contributed by atoms with Gasteiger partial charge in [-0.05, 0) is 35.9 Å². The molecule has 1 N–H and O–H groups in total. The van der Waals surface area contributed by atoms with Gasteiger partial charge < -0.3 is 10.1 Å². The molecule has 0 saturated carbocycles. The van der Waals surface area contributed by atoms with E-state index >= 15 is 0 Å². The number of esters is 1. The van der Waals surface area contributed by atoms with Crippen molar-refractivity contribution in [3.8, 4) is 0 Å². The minimum absolute atomic E-state index is 0.260. The van der Waals surface area contributed by atoms with Gasteiger partial charge in [-0.3, -0.25) is 4.79 Å². The van der Waals surface area contributed by atoms with Crippen LogP contribution >= 0.6 is 11.8 Å². The number of carbonyl (C=O) groups excluding carboxylic acids is 2. The molecule has 130 valence electrons. The first-order valence-corrected chi connectivity index (χ1v) is 9.07. The highest BCUT2D eigenvalue weighted by molar-refractivity contribution is 7.99. The average Bonchev–Trinajstić information content (AvgIpc) is 2.66. The van der Waals surface area contributed by atoms with Crippen LogP contribution in [0.4, 0.5) is 0 Å². The van der Waals surface area contributed by atoms with Crippen LogP contribution < -0.4 is 5.32 Å². The molecule has 0 aliphatic rings. The van der Waals surface area contributed by atoms with Crippen LogP contribution in [-0.4, -0.2) is 30.8 Å². The first kappa shape index (κ1) is 18.8. The molecule has 0 bridgehead atoms. The van der Waals surface area contributed by atoms with E-state index in [9.17, 15) is 9.59 Å². The first-order chi connectivity index (χ1) is 12.2. The maximum absolute atomic E-state index is 11.6. The van der Waals surface area contributed by atoms with Crippen molar-refractivity contribution >= 4 is 29.7 Å². The van der Waals surface area contributed by atoms with Crippen LogP contribution in [0.3, 0.4) is 0 Å². The monoisotopic (exact) mass is 355 g/mol. The maximum atomic E-state index is 11.6. The third kappa shape index (κ3) is 8.22. The number of amides is 1. The molecule has 2 rings (SSSR count). The van der Waals surface area contributed by atoms with Crippen molar-refractivity contribution in [3.05, 3.63) is 72.3 Å². The van der Waals surface area contributed by atoms with E-state index in [1.807, 2.05) is 48.5 Å². The van der Waals surface area contributed by atoms with Gasteiger partial charge in [0.2, 0.25) is 0 Å². The minimum Gasteiger partial charge on any atom is -0.452 e. The predicted molar refractivity (Wildman–Crippen MR) is 101 cm³/mol. The van der Waals surface area contributed by atoms with E-state index in [0.29, 0.717) is 6.54 Å². The molecule has 0 saturated heterocycles. The fraction of sp³-hybridized carbons (Fsp3) is 0.200. The van der Waals surface area contributed by atoms with Crippen molar-refractivity contribution in [2.24, 2.45) is 0 Å². The summed E-state index contributed by atoms with van der Waals surface area (Å²) in [4.78, 5) is 24.4. The summed E-state index contributed by atoms with van der Waals surface area (Å²) in [7, 11) is 0. The highest BCUT2D eigenvalue weighted by Crippen LogP contribution is 2.17. The van der Waals surface area contributed by atoms with Gasteiger partial charge in [0.1, 0.15) is 0 Å². The third-order valence-electron chi connectivity index (χ3n) is 3.21. The minimum atomic E-state index is -0.529. The lowest BCUT2D eigenvalue weighted by atomic mass is 10.2. The average molecular weight is 355 g/mol. The number of hydrogen-bond donors (Lipinski definition) is 1. The third-order valence-corrected chi connectivity index (χ3v) is 4.31.